The Hall–Kier alpha value is 0.0300. The highest BCUT2D eigenvalue weighted by Gasteiger charge is 2.11. The maximum atomic E-state index is 11.6. The van der Waals surface area contributed by atoms with Crippen molar-refractivity contribution in [1.82, 2.24) is 5.32 Å². The first-order chi connectivity index (χ1) is 7.60. The van der Waals surface area contributed by atoms with Gasteiger partial charge in [-0.3, -0.25) is 4.21 Å². The highest BCUT2D eigenvalue weighted by molar-refractivity contribution is 7.85. The van der Waals surface area contributed by atoms with E-state index in [4.69, 9.17) is 4.74 Å². The maximum absolute atomic E-state index is 11.6. The van der Waals surface area contributed by atoms with Crippen LogP contribution < -0.4 is 5.32 Å². The highest BCUT2D eigenvalue weighted by atomic mass is 32.2. The van der Waals surface area contributed by atoms with Crippen molar-refractivity contribution in [2.45, 2.75) is 26.4 Å². The van der Waals surface area contributed by atoms with Gasteiger partial charge in [-0.1, -0.05) is 20.3 Å². The summed E-state index contributed by atoms with van der Waals surface area (Å²) < 4.78 is 16.5. The standard InChI is InChI=1S/C11H25NO3S/c1-4-10(2)8-16(14)9-11(13)7-12-5-6-15-3/h10-13H,4-9H2,1-3H3. The minimum absolute atomic E-state index is 0.365. The molecule has 0 aromatic heterocycles. The van der Waals surface area contributed by atoms with Gasteiger partial charge in [0, 0.05) is 36.8 Å². The van der Waals surface area contributed by atoms with Gasteiger partial charge in [0.05, 0.1) is 18.5 Å². The second-order valence-electron chi connectivity index (χ2n) is 4.14. The van der Waals surface area contributed by atoms with Crippen LogP contribution in [0.5, 0.6) is 0 Å². The molecule has 0 amide bonds. The molecule has 0 aromatic carbocycles. The molecular formula is C11H25NO3S. The van der Waals surface area contributed by atoms with Crippen LogP contribution in [0.25, 0.3) is 0 Å². The van der Waals surface area contributed by atoms with Crippen LogP contribution in [0.2, 0.25) is 0 Å². The van der Waals surface area contributed by atoms with Crippen LogP contribution in [-0.4, -0.2) is 53.7 Å². The number of rotatable bonds is 10. The number of ether oxygens (including phenoxy) is 1. The van der Waals surface area contributed by atoms with Crippen molar-refractivity contribution in [2.75, 3.05) is 38.3 Å². The predicted octanol–water partition coefficient (Wildman–Crippen LogP) is 0.378. The molecule has 0 fully saturated rings. The third kappa shape index (κ3) is 9.27. The molecule has 0 aliphatic carbocycles. The summed E-state index contributed by atoms with van der Waals surface area (Å²) in [6.07, 6.45) is 0.509. The van der Waals surface area contributed by atoms with Gasteiger partial charge in [0.15, 0.2) is 0 Å². The van der Waals surface area contributed by atoms with E-state index in [2.05, 4.69) is 19.2 Å². The smallest absolute Gasteiger partial charge is 0.0779 e. The van der Waals surface area contributed by atoms with Crippen molar-refractivity contribution >= 4 is 10.8 Å². The Labute approximate surface area is 101 Å². The zero-order chi connectivity index (χ0) is 12.4. The fourth-order valence-corrected chi connectivity index (χ4v) is 2.77. The molecule has 0 aliphatic rings. The molecule has 0 radical (unpaired) electrons. The summed E-state index contributed by atoms with van der Waals surface area (Å²) in [4.78, 5) is 0. The van der Waals surface area contributed by atoms with Gasteiger partial charge in [0.25, 0.3) is 0 Å². The summed E-state index contributed by atoms with van der Waals surface area (Å²) in [6, 6.07) is 0. The van der Waals surface area contributed by atoms with Crippen LogP contribution in [0.3, 0.4) is 0 Å². The van der Waals surface area contributed by atoms with E-state index in [9.17, 15) is 9.32 Å². The summed E-state index contributed by atoms with van der Waals surface area (Å²) in [7, 11) is 0.730. The van der Waals surface area contributed by atoms with E-state index in [1.807, 2.05) is 0 Å². The Morgan fingerprint density at radius 1 is 1.44 bits per heavy atom. The molecule has 0 heterocycles. The number of hydrogen-bond acceptors (Lipinski definition) is 4. The van der Waals surface area contributed by atoms with E-state index in [1.165, 1.54) is 0 Å². The molecule has 4 nitrogen and oxygen atoms in total. The second-order valence-corrected chi connectivity index (χ2v) is 5.68. The number of aliphatic hydroxyl groups excluding tert-OH is 1. The molecule has 0 saturated heterocycles. The molecule has 0 aliphatic heterocycles. The van der Waals surface area contributed by atoms with Crippen molar-refractivity contribution in [1.29, 1.82) is 0 Å². The normalized spacial score (nSPS) is 17.0. The summed E-state index contributed by atoms with van der Waals surface area (Å²) in [5.74, 6) is 1.52. The van der Waals surface area contributed by atoms with Gasteiger partial charge in [-0.15, -0.1) is 0 Å². The fraction of sp³-hybridized carbons (Fsp3) is 1.00. The minimum atomic E-state index is -0.909. The zero-order valence-corrected chi connectivity index (χ0v) is 11.4. The Kier molecular flexibility index (Phi) is 10.2. The summed E-state index contributed by atoms with van der Waals surface area (Å²) >= 11 is 0. The van der Waals surface area contributed by atoms with Crippen LogP contribution in [0.4, 0.5) is 0 Å². The summed E-state index contributed by atoms with van der Waals surface area (Å²) in [6.45, 7) is 6.00. The molecule has 3 atom stereocenters. The largest absolute Gasteiger partial charge is 0.391 e. The maximum Gasteiger partial charge on any atom is 0.0779 e. The van der Waals surface area contributed by atoms with E-state index in [0.29, 0.717) is 37.1 Å². The van der Waals surface area contributed by atoms with E-state index in [-0.39, 0.29) is 0 Å². The lowest BCUT2D eigenvalue weighted by atomic mass is 10.2. The van der Waals surface area contributed by atoms with Crippen LogP contribution in [0.1, 0.15) is 20.3 Å². The average molecular weight is 251 g/mol. The SMILES string of the molecule is CCC(C)CS(=O)CC(O)CNCCOC. The highest BCUT2D eigenvalue weighted by Crippen LogP contribution is 2.03. The molecular weight excluding hydrogens is 226 g/mol. The third-order valence-electron chi connectivity index (χ3n) is 2.41. The van der Waals surface area contributed by atoms with Gasteiger partial charge >= 0.3 is 0 Å². The quantitative estimate of drug-likeness (QED) is 0.551. The van der Waals surface area contributed by atoms with Gasteiger partial charge in [-0.05, 0) is 5.92 Å². The molecule has 0 aromatic rings. The summed E-state index contributed by atoms with van der Waals surface area (Å²) in [5.41, 5.74) is 0. The molecule has 0 rings (SSSR count). The molecule has 0 spiro atoms. The molecule has 5 heteroatoms. The van der Waals surface area contributed by atoms with Crippen LogP contribution >= 0.6 is 0 Å². The van der Waals surface area contributed by atoms with Crippen LogP contribution in [-0.2, 0) is 15.5 Å². The van der Waals surface area contributed by atoms with Crippen molar-refractivity contribution < 1.29 is 14.1 Å². The fourth-order valence-electron chi connectivity index (χ4n) is 1.22. The van der Waals surface area contributed by atoms with Crippen molar-refractivity contribution in [2.24, 2.45) is 5.92 Å². The summed E-state index contributed by atoms with van der Waals surface area (Å²) in [5, 5.41) is 12.7. The van der Waals surface area contributed by atoms with Gasteiger partial charge in [-0.25, -0.2) is 0 Å². The lowest BCUT2D eigenvalue weighted by Gasteiger charge is -2.13. The predicted molar refractivity (Wildman–Crippen MR) is 68.1 cm³/mol. The minimum Gasteiger partial charge on any atom is -0.391 e. The number of methoxy groups -OCH3 is 1. The van der Waals surface area contributed by atoms with Crippen molar-refractivity contribution in [3.05, 3.63) is 0 Å². The Morgan fingerprint density at radius 2 is 2.12 bits per heavy atom. The van der Waals surface area contributed by atoms with E-state index >= 15 is 0 Å². The number of nitrogens with one attached hydrogen (secondary N) is 1. The second kappa shape index (κ2) is 10.2. The Balaban J connectivity index is 3.54. The monoisotopic (exact) mass is 251 g/mol. The van der Waals surface area contributed by atoms with Crippen LogP contribution in [0, 0.1) is 5.92 Å². The number of aliphatic hydroxyl groups is 1. The number of hydrogen-bond donors (Lipinski definition) is 2. The molecule has 3 unspecified atom stereocenters. The Bertz CT molecular complexity index is 190. The molecule has 0 bridgehead atoms. The van der Waals surface area contributed by atoms with E-state index < -0.39 is 16.9 Å². The third-order valence-corrected chi connectivity index (χ3v) is 4.11. The molecule has 2 N–H and O–H groups in total. The molecule has 0 saturated carbocycles. The zero-order valence-electron chi connectivity index (χ0n) is 10.6. The lowest BCUT2D eigenvalue weighted by molar-refractivity contribution is 0.174. The Morgan fingerprint density at radius 3 is 2.69 bits per heavy atom. The van der Waals surface area contributed by atoms with E-state index in [1.54, 1.807) is 7.11 Å². The van der Waals surface area contributed by atoms with Gasteiger partial charge in [0.1, 0.15) is 0 Å². The van der Waals surface area contributed by atoms with E-state index in [0.717, 1.165) is 6.42 Å². The van der Waals surface area contributed by atoms with Crippen LogP contribution in [0.15, 0.2) is 0 Å². The van der Waals surface area contributed by atoms with Gasteiger partial charge in [0.2, 0.25) is 0 Å². The topological polar surface area (TPSA) is 58.6 Å². The van der Waals surface area contributed by atoms with Gasteiger partial charge < -0.3 is 15.2 Å². The first-order valence-electron chi connectivity index (χ1n) is 5.82. The lowest BCUT2D eigenvalue weighted by Crippen LogP contribution is -2.33. The first kappa shape index (κ1) is 16.0. The first-order valence-corrected chi connectivity index (χ1v) is 7.31. The van der Waals surface area contributed by atoms with Gasteiger partial charge in [-0.2, -0.15) is 0 Å². The molecule has 16 heavy (non-hydrogen) atoms. The van der Waals surface area contributed by atoms with Crippen molar-refractivity contribution in [3.63, 3.8) is 0 Å². The molecule has 98 valence electrons. The average Bonchev–Trinajstić information content (AvgIpc) is 2.24. The van der Waals surface area contributed by atoms with Crippen molar-refractivity contribution in [3.8, 4) is 0 Å².